The highest BCUT2D eigenvalue weighted by atomic mass is 16.3. The lowest BCUT2D eigenvalue weighted by Gasteiger charge is -2.28. The Kier molecular flexibility index (Phi) is 3.67. The average molecular weight is 234 g/mol. The van der Waals surface area contributed by atoms with Gasteiger partial charge in [0.15, 0.2) is 0 Å². The summed E-state index contributed by atoms with van der Waals surface area (Å²) in [5.41, 5.74) is 5.94. The van der Waals surface area contributed by atoms with Crippen LogP contribution in [0.4, 0.5) is 5.82 Å². The van der Waals surface area contributed by atoms with Gasteiger partial charge in [-0.1, -0.05) is 25.8 Å². The van der Waals surface area contributed by atoms with Crippen LogP contribution in [0, 0.1) is 5.92 Å². The van der Waals surface area contributed by atoms with Crippen LogP contribution in [0.2, 0.25) is 0 Å². The number of nitrogens with two attached hydrogens (primary N) is 1. The molecule has 2 rings (SSSR count). The standard InChI is InChI=1S/C14H22N2O/c1-2-11-5-3-8-14(17,9-7-11)12-6-4-10-16-13(12)15/h4,6,10-11,17H,2-3,5,7-9H2,1H3,(H2,15,16). The molecule has 94 valence electrons. The first kappa shape index (κ1) is 12.4. The fourth-order valence-electron chi connectivity index (χ4n) is 2.88. The van der Waals surface area contributed by atoms with Gasteiger partial charge < -0.3 is 10.8 Å². The van der Waals surface area contributed by atoms with Crippen LogP contribution in [-0.2, 0) is 5.60 Å². The smallest absolute Gasteiger partial charge is 0.129 e. The number of aliphatic hydroxyl groups is 1. The van der Waals surface area contributed by atoms with Crippen LogP contribution in [0.5, 0.6) is 0 Å². The molecular weight excluding hydrogens is 212 g/mol. The van der Waals surface area contributed by atoms with Gasteiger partial charge in [0.25, 0.3) is 0 Å². The van der Waals surface area contributed by atoms with E-state index < -0.39 is 5.60 Å². The maximum absolute atomic E-state index is 10.8. The lowest BCUT2D eigenvalue weighted by atomic mass is 9.86. The van der Waals surface area contributed by atoms with Gasteiger partial charge in [-0.3, -0.25) is 0 Å². The van der Waals surface area contributed by atoms with E-state index in [1.807, 2.05) is 12.1 Å². The number of nitrogen functional groups attached to an aromatic ring is 1. The van der Waals surface area contributed by atoms with Crippen molar-refractivity contribution in [2.45, 2.75) is 51.0 Å². The van der Waals surface area contributed by atoms with Gasteiger partial charge in [0.1, 0.15) is 5.82 Å². The number of hydrogen-bond acceptors (Lipinski definition) is 3. The van der Waals surface area contributed by atoms with Gasteiger partial charge in [0.05, 0.1) is 5.60 Å². The molecule has 0 bridgehead atoms. The van der Waals surface area contributed by atoms with Gasteiger partial charge in [-0.15, -0.1) is 0 Å². The molecule has 2 atom stereocenters. The third-order valence-corrected chi connectivity index (χ3v) is 4.09. The number of nitrogens with zero attached hydrogens (tertiary/aromatic N) is 1. The molecule has 1 aliphatic carbocycles. The summed E-state index contributed by atoms with van der Waals surface area (Å²) in [7, 11) is 0. The van der Waals surface area contributed by atoms with Crippen LogP contribution in [-0.4, -0.2) is 10.1 Å². The molecule has 1 aromatic heterocycles. The van der Waals surface area contributed by atoms with Gasteiger partial charge in [-0.2, -0.15) is 0 Å². The maximum atomic E-state index is 10.8. The molecule has 1 saturated carbocycles. The number of anilines is 1. The third kappa shape index (κ3) is 2.60. The van der Waals surface area contributed by atoms with Crippen LogP contribution < -0.4 is 5.73 Å². The Bertz CT molecular complexity index is 380. The zero-order valence-electron chi connectivity index (χ0n) is 10.5. The van der Waals surface area contributed by atoms with Gasteiger partial charge in [0.2, 0.25) is 0 Å². The third-order valence-electron chi connectivity index (χ3n) is 4.09. The van der Waals surface area contributed by atoms with Crippen molar-refractivity contribution in [2.24, 2.45) is 5.92 Å². The second-order valence-corrected chi connectivity index (χ2v) is 5.17. The van der Waals surface area contributed by atoms with Crippen LogP contribution in [0.3, 0.4) is 0 Å². The lowest BCUT2D eigenvalue weighted by molar-refractivity contribution is 0.0201. The highest BCUT2D eigenvalue weighted by Crippen LogP contribution is 2.40. The summed E-state index contributed by atoms with van der Waals surface area (Å²) in [6.07, 6.45) is 7.87. The van der Waals surface area contributed by atoms with Gasteiger partial charge in [-0.25, -0.2) is 4.98 Å². The molecule has 1 aromatic rings. The fraction of sp³-hybridized carbons (Fsp3) is 0.643. The summed E-state index contributed by atoms with van der Waals surface area (Å²) < 4.78 is 0. The van der Waals surface area contributed by atoms with Crippen LogP contribution >= 0.6 is 0 Å². The molecule has 1 aliphatic rings. The SMILES string of the molecule is CCC1CCCC(O)(c2cccnc2N)CC1. The Morgan fingerprint density at radius 2 is 2.29 bits per heavy atom. The van der Waals surface area contributed by atoms with E-state index in [0.717, 1.165) is 37.2 Å². The molecule has 3 heteroatoms. The highest BCUT2D eigenvalue weighted by Gasteiger charge is 2.33. The van der Waals surface area contributed by atoms with Crippen molar-refractivity contribution >= 4 is 5.82 Å². The summed E-state index contributed by atoms with van der Waals surface area (Å²) in [6, 6.07) is 3.76. The van der Waals surface area contributed by atoms with Crippen molar-refractivity contribution in [3.8, 4) is 0 Å². The minimum atomic E-state index is -0.762. The van der Waals surface area contributed by atoms with Crippen LogP contribution in [0.1, 0.15) is 51.0 Å². The number of rotatable bonds is 2. The zero-order chi connectivity index (χ0) is 12.3. The Morgan fingerprint density at radius 1 is 1.47 bits per heavy atom. The van der Waals surface area contributed by atoms with Crippen LogP contribution in [0.15, 0.2) is 18.3 Å². The van der Waals surface area contributed by atoms with Gasteiger partial charge >= 0.3 is 0 Å². The monoisotopic (exact) mass is 234 g/mol. The van der Waals surface area contributed by atoms with Crippen LogP contribution in [0.25, 0.3) is 0 Å². The van der Waals surface area contributed by atoms with Crippen molar-refractivity contribution in [2.75, 3.05) is 5.73 Å². The summed E-state index contributed by atoms with van der Waals surface area (Å²) in [5, 5.41) is 10.8. The second kappa shape index (κ2) is 5.05. The molecule has 0 radical (unpaired) electrons. The number of aromatic nitrogens is 1. The topological polar surface area (TPSA) is 59.1 Å². The van der Waals surface area contributed by atoms with E-state index >= 15 is 0 Å². The van der Waals surface area contributed by atoms with Crippen molar-refractivity contribution in [1.29, 1.82) is 0 Å². The molecular formula is C14H22N2O. The van der Waals surface area contributed by atoms with Gasteiger partial charge in [-0.05, 0) is 37.7 Å². The first-order chi connectivity index (χ1) is 8.15. The zero-order valence-corrected chi connectivity index (χ0v) is 10.5. The summed E-state index contributed by atoms with van der Waals surface area (Å²) in [4.78, 5) is 4.09. The molecule has 17 heavy (non-hydrogen) atoms. The molecule has 3 N–H and O–H groups in total. The summed E-state index contributed by atoms with van der Waals surface area (Å²) >= 11 is 0. The quantitative estimate of drug-likeness (QED) is 0.774. The van der Waals surface area contributed by atoms with E-state index in [1.165, 1.54) is 12.8 Å². The summed E-state index contributed by atoms with van der Waals surface area (Å²) in [5.74, 6) is 1.23. The predicted molar refractivity (Wildman–Crippen MR) is 69.4 cm³/mol. The highest BCUT2D eigenvalue weighted by molar-refractivity contribution is 5.42. The van der Waals surface area contributed by atoms with Gasteiger partial charge in [0, 0.05) is 11.8 Å². The first-order valence-corrected chi connectivity index (χ1v) is 6.59. The van der Waals surface area contributed by atoms with E-state index in [9.17, 15) is 5.11 Å². The maximum Gasteiger partial charge on any atom is 0.129 e. The fourth-order valence-corrected chi connectivity index (χ4v) is 2.88. The average Bonchev–Trinajstić information content (AvgIpc) is 2.52. The Balaban J connectivity index is 2.21. The molecule has 1 fully saturated rings. The molecule has 1 heterocycles. The lowest BCUT2D eigenvalue weighted by Crippen LogP contribution is -2.26. The first-order valence-electron chi connectivity index (χ1n) is 6.59. The normalized spacial score (nSPS) is 29.9. The second-order valence-electron chi connectivity index (χ2n) is 5.17. The summed E-state index contributed by atoms with van der Waals surface area (Å²) in [6.45, 7) is 2.23. The molecule has 0 aromatic carbocycles. The molecule has 0 amide bonds. The largest absolute Gasteiger partial charge is 0.385 e. The Morgan fingerprint density at radius 3 is 3.00 bits per heavy atom. The Hall–Kier alpha value is -1.09. The number of pyridine rings is 1. The minimum Gasteiger partial charge on any atom is -0.385 e. The Labute approximate surface area is 103 Å². The van der Waals surface area contributed by atoms with E-state index in [1.54, 1.807) is 6.20 Å². The van der Waals surface area contributed by atoms with E-state index in [-0.39, 0.29) is 0 Å². The minimum absolute atomic E-state index is 0.477. The van der Waals surface area contributed by atoms with Crippen molar-refractivity contribution < 1.29 is 5.11 Å². The van der Waals surface area contributed by atoms with E-state index in [2.05, 4.69) is 11.9 Å². The van der Waals surface area contributed by atoms with Crippen molar-refractivity contribution in [1.82, 2.24) is 4.98 Å². The van der Waals surface area contributed by atoms with E-state index in [0.29, 0.717) is 5.82 Å². The molecule has 3 nitrogen and oxygen atoms in total. The van der Waals surface area contributed by atoms with E-state index in [4.69, 9.17) is 5.73 Å². The molecule has 0 saturated heterocycles. The van der Waals surface area contributed by atoms with Crippen molar-refractivity contribution in [3.63, 3.8) is 0 Å². The predicted octanol–water partition coefficient (Wildman–Crippen LogP) is 2.84. The van der Waals surface area contributed by atoms with Crippen molar-refractivity contribution in [3.05, 3.63) is 23.9 Å². The molecule has 0 spiro atoms. The molecule has 2 unspecified atom stereocenters. The number of hydrogen-bond donors (Lipinski definition) is 2. The molecule has 0 aliphatic heterocycles.